The van der Waals surface area contributed by atoms with E-state index in [-0.39, 0.29) is 18.1 Å². The van der Waals surface area contributed by atoms with Crippen LogP contribution in [0.25, 0.3) is 5.65 Å². The smallest absolute Gasteiger partial charge is 0.350 e. The number of hydrogen-bond donors (Lipinski definition) is 1. The Morgan fingerprint density at radius 1 is 0.944 bits per heavy atom. The number of aryl methyl sites for hydroxylation is 4. The Morgan fingerprint density at radius 3 is 2.31 bits per heavy atom. The summed E-state index contributed by atoms with van der Waals surface area (Å²) in [6, 6.07) is 12.4. The quantitative estimate of drug-likeness (QED) is 0.468. The summed E-state index contributed by atoms with van der Waals surface area (Å²) in [5.74, 6) is 0.361. The summed E-state index contributed by atoms with van der Waals surface area (Å²) in [6.07, 6.45) is 3.21. The number of hydrogen-bond acceptors (Lipinski definition) is 6. The zero-order chi connectivity index (χ0) is 25.4. The van der Waals surface area contributed by atoms with E-state index >= 15 is 0 Å². The van der Waals surface area contributed by atoms with Crippen LogP contribution < -0.4 is 20.8 Å². The molecule has 2 aromatic heterocycles. The van der Waals surface area contributed by atoms with Crippen molar-refractivity contribution in [2.45, 2.75) is 34.2 Å². The van der Waals surface area contributed by atoms with Crippen molar-refractivity contribution in [2.75, 3.05) is 41.3 Å². The van der Waals surface area contributed by atoms with Crippen LogP contribution in [0.3, 0.4) is 0 Å². The van der Waals surface area contributed by atoms with Crippen LogP contribution in [0.1, 0.15) is 22.3 Å². The number of carbonyl (C=O) groups excluding carboxylic acids is 1. The van der Waals surface area contributed by atoms with Crippen LogP contribution in [0.5, 0.6) is 0 Å². The van der Waals surface area contributed by atoms with Crippen molar-refractivity contribution in [3.05, 3.63) is 81.5 Å². The van der Waals surface area contributed by atoms with Crippen LogP contribution in [0.15, 0.2) is 53.6 Å². The fraction of sp³-hybridized carbons (Fsp3) is 0.333. The molecule has 5 rings (SSSR count). The van der Waals surface area contributed by atoms with Gasteiger partial charge in [-0.15, -0.1) is 5.10 Å². The molecule has 2 aromatic carbocycles. The van der Waals surface area contributed by atoms with Gasteiger partial charge in [0.15, 0.2) is 5.82 Å². The first-order valence-electron chi connectivity index (χ1n) is 12.2. The maximum atomic E-state index is 13.0. The van der Waals surface area contributed by atoms with E-state index < -0.39 is 0 Å². The summed E-state index contributed by atoms with van der Waals surface area (Å²) in [7, 11) is 0. The third kappa shape index (κ3) is 4.44. The Kier molecular flexibility index (Phi) is 6.22. The number of nitrogens with one attached hydrogen (secondary N) is 1. The minimum Gasteiger partial charge on any atom is -0.368 e. The number of amides is 1. The normalized spacial score (nSPS) is 13.9. The van der Waals surface area contributed by atoms with Gasteiger partial charge in [0.25, 0.3) is 0 Å². The lowest BCUT2D eigenvalue weighted by Gasteiger charge is -2.37. The molecule has 0 saturated carbocycles. The summed E-state index contributed by atoms with van der Waals surface area (Å²) >= 11 is 0. The second-order valence-corrected chi connectivity index (χ2v) is 9.47. The highest BCUT2D eigenvalue weighted by molar-refractivity contribution is 5.92. The lowest BCUT2D eigenvalue weighted by molar-refractivity contribution is -0.117. The van der Waals surface area contributed by atoms with E-state index in [0.717, 1.165) is 48.6 Å². The van der Waals surface area contributed by atoms with Gasteiger partial charge in [0.2, 0.25) is 11.6 Å². The molecule has 4 aromatic rings. The summed E-state index contributed by atoms with van der Waals surface area (Å²) < 4.78 is 2.67. The van der Waals surface area contributed by atoms with Crippen LogP contribution in [0, 0.1) is 27.7 Å². The molecule has 1 fully saturated rings. The molecule has 9 nitrogen and oxygen atoms in total. The number of anilines is 3. The van der Waals surface area contributed by atoms with Crippen molar-refractivity contribution in [3.63, 3.8) is 0 Å². The fourth-order valence-electron chi connectivity index (χ4n) is 5.03. The first kappa shape index (κ1) is 23.6. The zero-order valence-electron chi connectivity index (χ0n) is 21.2. The number of para-hydroxylation sites is 1. The minimum absolute atomic E-state index is 0.173. The van der Waals surface area contributed by atoms with Crippen molar-refractivity contribution >= 4 is 28.7 Å². The molecule has 0 spiro atoms. The van der Waals surface area contributed by atoms with Crippen molar-refractivity contribution in [2.24, 2.45) is 0 Å². The first-order chi connectivity index (χ1) is 17.3. The molecule has 1 N–H and O–H groups in total. The van der Waals surface area contributed by atoms with E-state index in [9.17, 15) is 9.59 Å². The maximum Gasteiger partial charge on any atom is 0.350 e. The SMILES string of the molecule is Cc1cc(C)c(NC(=O)Cn2nc3c(N4CCN(c5ccccc5C)CC4)nccn3c2=O)c(C)c1. The first-order valence-corrected chi connectivity index (χ1v) is 12.2. The third-order valence-corrected chi connectivity index (χ3v) is 6.75. The maximum absolute atomic E-state index is 13.0. The molecule has 0 atom stereocenters. The molecule has 1 aliphatic heterocycles. The standard InChI is InChI=1S/C27H31N7O2/c1-18-15-20(3)24(21(4)16-18)29-23(35)17-34-27(36)33-10-9-28-25(26(33)30-34)32-13-11-31(12-14-32)22-8-6-5-7-19(22)2/h5-10,15-16H,11-14,17H2,1-4H3,(H,29,35). The van der Waals surface area contributed by atoms with Crippen molar-refractivity contribution < 1.29 is 4.79 Å². The highest BCUT2D eigenvalue weighted by Crippen LogP contribution is 2.24. The Labute approximate surface area is 210 Å². The molecule has 0 unspecified atom stereocenters. The summed E-state index contributed by atoms with van der Waals surface area (Å²) in [5, 5.41) is 7.46. The minimum atomic E-state index is -0.361. The number of rotatable bonds is 5. The van der Waals surface area contributed by atoms with Gasteiger partial charge in [-0.25, -0.2) is 18.9 Å². The molecular weight excluding hydrogens is 454 g/mol. The van der Waals surface area contributed by atoms with Gasteiger partial charge in [-0.2, -0.15) is 0 Å². The number of fused-ring (bicyclic) bond motifs is 1. The third-order valence-electron chi connectivity index (χ3n) is 6.75. The van der Waals surface area contributed by atoms with Crippen molar-refractivity contribution in [1.82, 2.24) is 19.2 Å². The number of nitrogens with zero attached hydrogens (tertiary/aromatic N) is 6. The van der Waals surface area contributed by atoms with Crippen LogP contribution in [-0.4, -0.2) is 51.3 Å². The molecule has 1 amide bonds. The molecule has 0 aliphatic carbocycles. The van der Waals surface area contributed by atoms with Crippen molar-refractivity contribution in [1.29, 1.82) is 0 Å². The average Bonchev–Trinajstić information content (AvgIpc) is 3.17. The molecule has 1 aliphatic rings. The van der Waals surface area contributed by atoms with E-state index in [1.807, 2.05) is 32.9 Å². The number of piperazine rings is 1. The predicted octanol–water partition coefficient (Wildman–Crippen LogP) is 3.09. The van der Waals surface area contributed by atoms with Gasteiger partial charge in [-0.3, -0.25) is 4.79 Å². The number of benzene rings is 2. The summed E-state index contributed by atoms with van der Waals surface area (Å²) in [6.45, 7) is 11.1. The summed E-state index contributed by atoms with van der Waals surface area (Å²) in [4.78, 5) is 34.9. The molecule has 9 heteroatoms. The van der Waals surface area contributed by atoms with Crippen LogP contribution in [0.4, 0.5) is 17.2 Å². The van der Waals surface area contributed by atoms with Crippen LogP contribution in [0.2, 0.25) is 0 Å². The van der Waals surface area contributed by atoms with E-state index in [1.165, 1.54) is 20.3 Å². The molecule has 36 heavy (non-hydrogen) atoms. The molecule has 186 valence electrons. The Balaban J connectivity index is 1.35. The van der Waals surface area contributed by atoms with Gasteiger partial charge in [0.05, 0.1) is 0 Å². The highest BCUT2D eigenvalue weighted by Gasteiger charge is 2.23. The lowest BCUT2D eigenvalue weighted by Crippen LogP contribution is -2.47. The fourth-order valence-corrected chi connectivity index (χ4v) is 5.03. The second kappa shape index (κ2) is 9.49. The van der Waals surface area contributed by atoms with Crippen molar-refractivity contribution in [3.8, 4) is 0 Å². The molecule has 3 heterocycles. The van der Waals surface area contributed by atoms with Gasteiger partial charge < -0.3 is 15.1 Å². The van der Waals surface area contributed by atoms with E-state index in [4.69, 9.17) is 0 Å². The molecule has 1 saturated heterocycles. The lowest BCUT2D eigenvalue weighted by atomic mass is 10.1. The molecule has 0 bridgehead atoms. The second-order valence-electron chi connectivity index (χ2n) is 9.47. The van der Waals surface area contributed by atoms with Gasteiger partial charge in [-0.05, 0) is 50.5 Å². The Bertz CT molecular complexity index is 1470. The van der Waals surface area contributed by atoms with Gasteiger partial charge >= 0.3 is 5.69 Å². The van der Waals surface area contributed by atoms with Crippen LogP contribution in [-0.2, 0) is 11.3 Å². The predicted molar refractivity (Wildman–Crippen MR) is 142 cm³/mol. The van der Waals surface area contributed by atoms with Gasteiger partial charge in [-0.1, -0.05) is 35.9 Å². The number of aromatic nitrogens is 4. The molecular formula is C27H31N7O2. The van der Waals surface area contributed by atoms with Crippen LogP contribution >= 0.6 is 0 Å². The average molecular weight is 486 g/mol. The monoisotopic (exact) mass is 485 g/mol. The Hall–Kier alpha value is -4.14. The largest absolute Gasteiger partial charge is 0.368 e. The number of carbonyl (C=O) groups is 1. The zero-order valence-corrected chi connectivity index (χ0v) is 21.2. The van der Waals surface area contributed by atoms with E-state index in [0.29, 0.717) is 11.5 Å². The summed E-state index contributed by atoms with van der Waals surface area (Å²) in [5.41, 5.74) is 6.48. The molecule has 0 radical (unpaired) electrons. The topological polar surface area (TPSA) is 87.8 Å². The Morgan fingerprint density at radius 2 is 1.61 bits per heavy atom. The van der Waals surface area contributed by atoms with E-state index in [2.05, 4.69) is 56.4 Å². The van der Waals surface area contributed by atoms with Gasteiger partial charge in [0, 0.05) is 49.9 Å². The van der Waals surface area contributed by atoms with E-state index in [1.54, 1.807) is 12.4 Å². The highest BCUT2D eigenvalue weighted by atomic mass is 16.2. The van der Waals surface area contributed by atoms with Gasteiger partial charge in [0.1, 0.15) is 6.54 Å².